The van der Waals surface area contributed by atoms with Crippen molar-refractivity contribution >= 4 is 22.8 Å². The summed E-state index contributed by atoms with van der Waals surface area (Å²) in [4.78, 5) is 68.1. The first-order chi connectivity index (χ1) is 16.2. The predicted molar refractivity (Wildman–Crippen MR) is 125 cm³/mol. The second-order valence-corrected chi connectivity index (χ2v) is 7.84. The summed E-state index contributed by atoms with van der Waals surface area (Å²) in [5.74, 6) is -0.944. The molecule has 0 aliphatic heterocycles. The van der Waals surface area contributed by atoms with Crippen LogP contribution >= 0.6 is 0 Å². The van der Waals surface area contributed by atoms with Crippen LogP contribution in [0.25, 0.3) is 11.2 Å². The number of carbonyl (C=O) groups excluding carboxylic acids is 1. The Labute approximate surface area is 191 Å². The fourth-order valence-corrected chi connectivity index (χ4v) is 3.93. The zero-order valence-electron chi connectivity index (χ0n) is 18.9. The second-order valence-electron chi connectivity index (χ2n) is 7.84. The number of rotatable bonds is 6. The van der Waals surface area contributed by atoms with E-state index in [0.717, 1.165) is 14.7 Å². The van der Waals surface area contributed by atoms with Crippen LogP contribution in [0.1, 0.15) is 22.8 Å². The minimum atomic E-state index is -0.802. The summed E-state index contributed by atoms with van der Waals surface area (Å²) in [7, 11) is 2.78. The summed E-state index contributed by atoms with van der Waals surface area (Å²) in [6.45, 7) is 1.30. The number of aryl methyl sites for hydroxylation is 1. The summed E-state index contributed by atoms with van der Waals surface area (Å²) in [6, 6.07) is 9.03. The molecule has 0 bridgehead atoms. The molecule has 0 spiro atoms. The number of carbonyl (C=O) groups is 1. The van der Waals surface area contributed by atoms with Crippen molar-refractivity contribution in [2.45, 2.75) is 26.6 Å². The summed E-state index contributed by atoms with van der Waals surface area (Å²) >= 11 is 0. The van der Waals surface area contributed by atoms with Crippen LogP contribution in [0.4, 0.5) is 5.82 Å². The maximum Gasteiger partial charge on any atom is 0.332 e. The van der Waals surface area contributed by atoms with Gasteiger partial charge < -0.3 is 10.3 Å². The number of benzene rings is 1. The van der Waals surface area contributed by atoms with E-state index in [1.54, 1.807) is 31.2 Å². The molecule has 0 atom stereocenters. The van der Waals surface area contributed by atoms with Crippen LogP contribution in [0.15, 0.2) is 55.8 Å². The van der Waals surface area contributed by atoms with Gasteiger partial charge in [-0.05, 0) is 12.5 Å². The van der Waals surface area contributed by atoms with Crippen LogP contribution in [0.5, 0.6) is 0 Å². The molecule has 0 amide bonds. The topological polar surface area (TPSA) is 149 Å². The van der Waals surface area contributed by atoms with Crippen molar-refractivity contribution in [1.82, 2.24) is 27.8 Å². The molecule has 0 unspecified atom stereocenters. The van der Waals surface area contributed by atoms with E-state index >= 15 is 0 Å². The van der Waals surface area contributed by atoms with Crippen molar-refractivity contribution in [3.63, 3.8) is 0 Å². The molecule has 0 saturated carbocycles. The van der Waals surface area contributed by atoms with Crippen molar-refractivity contribution in [2.75, 3.05) is 5.73 Å². The van der Waals surface area contributed by atoms with Crippen molar-refractivity contribution < 1.29 is 4.79 Å². The Morgan fingerprint density at radius 3 is 2.26 bits per heavy atom. The molecule has 0 aliphatic carbocycles. The third kappa shape index (κ3) is 3.49. The van der Waals surface area contributed by atoms with Gasteiger partial charge in [-0.15, -0.1) is 0 Å². The number of aromatic nitrogens is 6. The van der Waals surface area contributed by atoms with Crippen LogP contribution in [0, 0.1) is 0 Å². The zero-order valence-corrected chi connectivity index (χ0v) is 18.9. The van der Waals surface area contributed by atoms with Gasteiger partial charge in [-0.1, -0.05) is 30.3 Å². The number of hydrogen-bond donors (Lipinski definition) is 1. The highest BCUT2D eigenvalue weighted by Crippen LogP contribution is 2.12. The first-order valence-corrected chi connectivity index (χ1v) is 10.5. The van der Waals surface area contributed by atoms with Crippen molar-refractivity contribution in [2.24, 2.45) is 14.1 Å². The van der Waals surface area contributed by atoms with E-state index < -0.39 is 34.8 Å². The second kappa shape index (κ2) is 8.46. The van der Waals surface area contributed by atoms with Gasteiger partial charge in [-0.2, -0.15) is 0 Å². The maximum atomic E-state index is 13.3. The number of nitrogen functional groups attached to an aromatic ring is 1. The summed E-state index contributed by atoms with van der Waals surface area (Å²) in [5.41, 5.74) is 4.13. The fraction of sp³-hybridized carbons (Fsp3) is 0.273. The number of fused-ring (bicyclic) bond motifs is 1. The van der Waals surface area contributed by atoms with E-state index in [1.165, 1.54) is 34.1 Å². The highest BCUT2D eigenvalue weighted by molar-refractivity contribution is 6.00. The minimum Gasteiger partial charge on any atom is -0.384 e. The van der Waals surface area contributed by atoms with Gasteiger partial charge in [-0.25, -0.2) is 14.6 Å². The van der Waals surface area contributed by atoms with Crippen molar-refractivity contribution in [3.8, 4) is 0 Å². The van der Waals surface area contributed by atoms with Gasteiger partial charge in [0.2, 0.25) is 0 Å². The molecule has 3 aromatic heterocycles. The smallest absolute Gasteiger partial charge is 0.332 e. The fourth-order valence-electron chi connectivity index (χ4n) is 3.93. The normalized spacial score (nSPS) is 11.3. The zero-order chi connectivity index (χ0) is 24.7. The lowest BCUT2D eigenvalue weighted by Gasteiger charge is -2.16. The lowest BCUT2D eigenvalue weighted by molar-refractivity contribution is 0.0971. The van der Waals surface area contributed by atoms with Crippen molar-refractivity contribution in [1.29, 1.82) is 0 Å². The van der Waals surface area contributed by atoms with E-state index in [4.69, 9.17) is 5.73 Å². The molecule has 176 valence electrons. The summed E-state index contributed by atoms with van der Waals surface area (Å²) < 4.78 is 5.49. The number of ketones is 1. The Bertz CT molecular complexity index is 1670. The number of hydrogen-bond acceptors (Lipinski definition) is 7. The van der Waals surface area contributed by atoms with E-state index in [0.29, 0.717) is 0 Å². The third-order valence-corrected chi connectivity index (χ3v) is 5.78. The van der Waals surface area contributed by atoms with Crippen molar-refractivity contribution in [3.05, 3.63) is 89.5 Å². The number of nitrogens with two attached hydrogens (primary N) is 1. The first-order valence-electron chi connectivity index (χ1n) is 10.5. The number of anilines is 1. The Morgan fingerprint density at radius 2 is 1.62 bits per heavy atom. The molecule has 0 aliphatic rings. The van der Waals surface area contributed by atoms with Gasteiger partial charge in [-0.3, -0.25) is 32.7 Å². The van der Waals surface area contributed by atoms with E-state index in [-0.39, 0.29) is 35.6 Å². The average molecular weight is 465 g/mol. The number of nitrogens with zero attached hydrogens (tertiary/aromatic N) is 6. The Hall–Kier alpha value is -4.48. The van der Waals surface area contributed by atoms with Gasteiger partial charge in [0.05, 0.1) is 19.4 Å². The SMILES string of the molecule is CCn1c(=O)c(C(=O)Cn2cnc3c2c(=O)n(C)c(=O)n3C)c(N)n(Cc2ccccc2)c1=O. The van der Waals surface area contributed by atoms with Crippen LogP contribution in [-0.4, -0.2) is 33.6 Å². The quantitative estimate of drug-likeness (QED) is 0.370. The first kappa shape index (κ1) is 22.7. The van der Waals surface area contributed by atoms with Crippen LogP contribution < -0.4 is 28.2 Å². The molecule has 0 radical (unpaired) electrons. The highest BCUT2D eigenvalue weighted by atomic mass is 16.2. The Kier molecular flexibility index (Phi) is 5.65. The molecule has 1 aromatic carbocycles. The monoisotopic (exact) mass is 465 g/mol. The maximum absolute atomic E-state index is 13.3. The van der Waals surface area contributed by atoms with Gasteiger partial charge in [0.25, 0.3) is 11.1 Å². The molecular weight excluding hydrogens is 442 g/mol. The summed E-state index contributed by atoms with van der Waals surface area (Å²) in [5, 5.41) is 0. The van der Waals surface area contributed by atoms with E-state index in [9.17, 15) is 24.0 Å². The molecule has 34 heavy (non-hydrogen) atoms. The molecule has 12 heteroatoms. The number of Topliss-reactive ketones (excluding diaryl/α,β-unsaturated/α-hetero) is 1. The molecule has 0 fully saturated rings. The largest absolute Gasteiger partial charge is 0.384 e. The standard InChI is InChI=1S/C22H23N7O5/c1-4-28-19(31)15(17(23)29(22(28)34)10-13-8-6-5-7-9-13)14(30)11-27-12-24-18-16(27)20(32)26(3)21(33)25(18)2/h5-9,12H,4,10-11,23H2,1-3H3. The number of imidazole rings is 1. The van der Waals surface area contributed by atoms with E-state index in [1.807, 2.05) is 6.07 Å². The van der Waals surface area contributed by atoms with Gasteiger partial charge in [0, 0.05) is 20.6 Å². The lowest BCUT2D eigenvalue weighted by Crippen LogP contribution is -2.44. The predicted octanol–water partition coefficient (Wildman–Crippen LogP) is -0.710. The molecule has 4 rings (SSSR count). The van der Waals surface area contributed by atoms with Gasteiger partial charge in [0.15, 0.2) is 16.9 Å². The minimum absolute atomic E-state index is 0.0324. The highest BCUT2D eigenvalue weighted by Gasteiger charge is 2.24. The molecule has 12 nitrogen and oxygen atoms in total. The molecule has 3 heterocycles. The Balaban J connectivity index is 1.86. The molecule has 4 aromatic rings. The molecular formula is C22H23N7O5. The van der Waals surface area contributed by atoms with Gasteiger partial charge in [0.1, 0.15) is 11.4 Å². The molecule has 0 saturated heterocycles. The lowest BCUT2D eigenvalue weighted by atomic mass is 10.1. The molecule has 2 N–H and O–H groups in total. The van der Waals surface area contributed by atoms with Crippen LogP contribution in [0.2, 0.25) is 0 Å². The van der Waals surface area contributed by atoms with Crippen LogP contribution in [0.3, 0.4) is 0 Å². The van der Waals surface area contributed by atoms with Gasteiger partial charge >= 0.3 is 11.4 Å². The van der Waals surface area contributed by atoms with Crippen LogP contribution in [-0.2, 0) is 33.7 Å². The third-order valence-electron chi connectivity index (χ3n) is 5.78. The van der Waals surface area contributed by atoms with E-state index in [2.05, 4.69) is 4.98 Å². The summed E-state index contributed by atoms with van der Waals surface area (Å²) in [6.07, 6.45) is 1.25. The average Bonchev–Trinajstić information content (AvgIpc) is 3.23. The Morgan fingerprint density at radius 1 is 0.941 bits per heavy atom.